The molecule has 0 radical (unpaired) electrons. The number of carbonyl (C=O) groups is 1. The van der Waals surface area contributed by atoms with Crippen molar-refractivity contribution < 1.29 is 14.6 Å². The van der Waals surface area contributed by atoms with Crippen molar-refractivity contribution in [3.05, 3.63) is 29.8 Å². The molecular weight excluding hydrogens is 242 g/mol. The van der Waals surface area contributed by atoms with Crippen LogP contribution in [-0.4, -0.2) is 30.8 Å². The van der Waals surface area contributed by atoms with Crippen molar-refractivity contribution in [1.82, 2.24) is 5.32 Å². The van der Waals surface area contributed by atoms with Gasteiger partial charge in [-0.1, -0.05) is 32.9 Å². The van der Waals surface area contributed by atoms with Crippen LogP contribution in [0.25, 0.3) is 0 Å². The normalized spacial score (nSPS) is 11.3. The number of aromatic carboxylic acids is 1. The van der Waals surface area contributed by atoms with Gasteiger partial charge in [-0.3, -0.25) is 0 Å². The van der Waals surface area contributed by atoms with E-state index in [4.69, 9.17) is 9.84 Å². The molecule has 106 valence electrons. The first-order chi connectivity index (χ1) is 8.96. The third-order valence-electron chi connectivity index (χ3n) is 3.21. The molecule has 0 aliphatic heterocycles. The van der Waals surface area contributed by atoms with E-state index in [0.29, 0.717) is 18.9 Å². The molecule has 0 aliphatic rings. The van der Waals surface area contributed by atoms with Crippen LogP contribution in [0.4, 0.5) is 0 Å². The Morgan fingerprint density at radius 2 is 2.05 bits per heavy atom. The van der Waals surface area contributed by atoms with Gasteiger partial charge in [-0.2, -0.15) is 0 Å². The summed E-state index contributed by atoms with van der Waals surface area (Å²) in [6.45, 7) is 8.68. The Morgan fingerprint density at radius 1 is 1.37 bits per heavy atom. The molecule has 0 saturated heterocycles. The Morgan fingerprint density at radius 3 is 2.68 bits per heavy atom. The highest BCUT2D eigenvalue weighted by Gasteiger charge is 2.14. The summed E-state index contributed by atoms with van der Waals surface area (Å²) >= 11 is 0. The minimum absolute atomic E-state index is 0.205. The molecule has 1 rings (SSSR count). The minimum Gasteiger partial charge on any atom is -0.491 e. The molecule has 0 spiro atoms. The molecule has 19 heavy (non-hydrogen) atoms. The van der Waals surface area contributed by atoms with E-state index in [1.54, 1.807) is 24.3 Å². The highest BCUT2D eigenvalue weighted by atomic mass is 16.5. The first-order valence-corrected chi connectivity index (χ1v) is 6.62. The van der Waals surface area contributed by atoms with Crippen LogP contribution in [0.3, 0.4) is 0 Å². The van der Waals surface area contributed by atoms with Gasteiger partial charge in [0.15, 0.2) is 0 Å². The van der Waals surface area contributed by atoms with Crippen LogP contribution in [0.1, 0.15) is 37.6 Å². The fourth-order valence-corrected chi connectivity index (χ4v) is 1.55. The van der Waals surface area contributed by atoms with Crippen LogP contribution in [0.2, 0.25) is 0 Å². The van der Waals surface area contributed by atoms with Crippen LogP contribution in [0, 0.1) is 5.41 Å². The second kappa shape index (κ2) is 7.14. The number of nitrogens with one attached hydrogen (secondary N) is 1. The van der Waals surface area contributed by atoms with Crippen LogP contribution >= 0.6 is 0 Å². The van der Waals surface area contributed by atoms with Gasteiger partial charge >= 0.3 is 5.97 Å². The quantitative estimate of drug-likeness (QED) is 0.710. The maximum absolute atomic E-state index is 11.0. The van der Waals surface area contributed by atoms with Crippen molar-refractivity contribution in [3.8, 4) is 5.75 Å². The Hall–Kier alpha value is -1.55. The van der Waals surface area contributed by atoms with Crippen molar-refractivity contribution in [2.45, 2.75) is 27.2 Å². The second-order valence-corrected chi connectivity index (χ2v) is 5.34. The number of ether oxygens (including phenoxy) is 1. The monoisotopic (exact) mass is 265 g/mol. The second-order valence-electron chi connectivity index (χ2n) is 5.34. The first-order valence-electron chi connectivity index (χ1n) is 6.62. The molecule has 0 aliphatic carbocycles. The van der Waals surface area contributed by atoms with Gasteiger partial charge in [0, 0.05) is 13.1 Å². The number of benzene rings is 1. The van der Waals surface area contributed by atoms with E-state index in [1.807, 2.05) is 0 Å². The highest BCUT2D eigenvalue weighted by molar-refractivity contribution is 5.90. The minimum atomic E-state index is -0.962. The molecule has 1 aromatic rings. The average Bonchev–Trinajstić information content (AvgIpc) is 2.38. The van der Waals surface area contributed by atoms with E-state index in [1.165, 1.54) is 0 Å². The van der Waals surface area contributed by atoms with E-state index in [0.717, 1.165) is 13.0 Å². The molecule has 0 fully saturated rings. The summed E-state index contributed by atoms with van der Waals surface area (Å²) in [5.74, 6) is -0.540. The van der Waals surface area contributed by atoms with Gasteiger partial charge in [-0.25, -0.2) is 4.79 Å². The number of carboxylic acids is 1. The Kier molecular flexibility index (Phi) is 5.83. The topological polar surface area (TPSA) is 58.6 Å². The SMILES string of the molecule is CCC(C)(C)CNCCOc1ccccc1C(=O)O. The van der Waals surface area contributed by atoms with E-state index in [9.17, 15) is 4.79 Å². The summed E-state index contributed by atoms with van der Waals surface area (Å²) in [6.07, 6.45) is 1.11. The maximum atomic E-state index is 11.0. The molecule has 0 heterocycles. The predicted octanol–water partition coefficient (Wildman–Crippen LogP) is 2.79. The third-order valence-corrected chi connectivity index (χ3v) is 3.21. The number of hydrogen-bond donors (Lipinski definition) is 2. The smallest absolute Gasteiger partial charge is 0.339 e. The lowest BCUT2D eigenvalue weighted by Crippen LogP contribution is -2.31. The van der Waals surface area contributed by atoms with Crippen LogP contribution in [0.15, 0.2) is 24.3 Å². The summed E-state index contributed by atoms with van der Waals surface area (Å²) in [7, 11) is 0. The zero-order valence-corrected chi connectivity index (χ0v) is 11.9. The molecule has 1 aromatic carbocycles. The van der Waals surface area contributed by atoms with Gasteiger partial charge in [0.05, 0.1) is 0 Å². The Balaban J connectivity index is 2.36. The third kappa shape index (κ3) is 5.30. The molecule has 4 nitrogen and oxygen atoms in total. The number of carboxylic acid groups (broad SMARTS) is 1. The molecule has 0 saturated carbocycles. The van der Waals surface area contributed by atoms with Crippen molar-refractivity contribution in [2.75, 3.05) is 19.7 Å². The highest BCUT2D eigenvalue weighted by Crippen LogP contribution is 2.18. The predicted molar refractivity (Wildman–Crippen MR) is 75.8 cm³/mol. The summed E-state index contributed by atoms with van der Waals surface area (Å²) in [5.41, 5.74) is 0.482. The average molecular weight is 265 g/mol. The molecule has 0 atom stereocenters. The summed E-state index contributed by atoms with van der Waals surface area (Å²) in [4.78, 5) is 11.0. The van der Waals surface area contributed by atoms with Gasteiger partial charge < -0.3 is 15.2 Å². The summed E-state index contributed by atoms with van der Waals surface area (Å²) < 4.78 is 5.50. The van der Waals surface area contributed by atoms with Crippen LogP contribution in [-0.2, 0) is 0 Å². The van der Waals surface area contributed by atoms with Gasteiger partial charge in [0.1, 0.15) is 17.9 Å². The zero-order chi connectivity index (χ0) is 14.3. The van der Waals surface area contributed by atoms with E-state index < -0.39 is 5.97 Å². The fourth-order valence-electron chi connectivity index (χ4n) is 1.55. The molecule has 2 N–H and O–H groups in total. The summed E-state index contributed by atoms with van der Waals surface area (Å²) in [6, 6.07) is 6.69. The van der Waals surface area contributed by atoms with Gasteiger partial charge in [-0.15, -0.1) is 0 Å². The number of rotatable bonds is 8. The van der Waals surface area contributed by atoms with E-state index in [-0.39, 0.29) is 11.0 Å². The van der Waals surface area contributed by atoms with Crippen molar-refractivity contribution in [2.24, 2.45) is 5.41 Å². The fraction of sp³-hybridized carbons (Fsp3) is 0.533. The van der Waals surface area contributed by atoms with Crippen LogP contribution < -0.4 is 10.1 Å². The number of para-hydroxylation sites is 1. The van der Waals surface area contributed by atoms with Gasteiger partial charge in [0.25, 0.3) is 0 Å². The molecule has 0 bridgehead atoms. The van der Waals surface area contributed by atoms with Crippen molar-refractivity contribution >= 4 is 5.97 Å². The van der Waals surface area contributed by atoms with E-state index in [2.05, 4.69) is 26.1 Å². The van der Waals surface area contributed by atoms with Gasteiger partial charge in [-0.05, 0) is 24.0 Å². The number of hydrogen-bond acceptors (Lipinski definition) is 3. The lowest BCUT2D eigenvalue weighted by molar-refractivity contribution is 0.0692. The molecular formula is C15H23NO3. The first kappa shape index (κ1) is 15.5. The van der Waals surface area contributed by atoms with Gasteiger partial charge in [0.2, 0.25) is 0 Å². The van der Waals surface area contributed by atoms with E-state index >= 15 is 0 Å². The lowest BCUT2D eigenvalue weighted by atomic mass is 9.90. The lowest BCUT2D eigenvalue weighted by Gasteiger charge is -2.23. The van der Waals surface area contributed by atoms with Crippen molar-refractivity contribution in [3.63, 3.8) is 0 Å². The van der Waals surface area contributed by atoms with Crippen molar-refractivity contribution in [1.29, 1.82) is 0 Å². The molecule has 0 amide bonds. The zero-order valence-electron chi connectivity index (χ0n) is 11.9. The Labute approximate surface area is 114 Å². The molecule has 4 heteroatoms. The molecule has 0 unspecified atom stereocenters. The van der Waals surface area contributed by atoms with Crippen LogP contribution in [0.5, 0.6) is 5.75 Å². The summed E-state index contributed by atoms with van der Waals surface area (Å²) in [5, 5.41) is 12.3. The standard InChI is InChI=1S/C15H23NO3/c1-4-15(2,3)11-16-9-10-19-13-8-6-5-7-12(13)14(17)18/h5-8,16H,4,9-11H2,1-3H3,(H,17,18). The maximum Gasteiger partial charge on any atom is 0.339 e. The molecule has 0 aromatic heterocycles. The Bertz CT molecular complexity index is 416. The largest absolute Gasteiger partial charge is 0.491 e.